The van der Waals surface area contributed by atoms with Gasteiger partial charge >= 0.3 is 0 Å². The lowest BCUT2D eigenvalue weighted by Gasteiger charge is -2.40. The number of carbonyl (C=O) groups excluding carboxylic acids is 1. The second kappa shape index (κ2) is 66.5. The second-order valence-corrected chi connectivity index (χ2v) is 26.1. The van der Waals surface area contributed by atoms with Gasteiger partial charge in [-0.25, -0.2) is 0 Å². The number of rotatable bonds is 66. The number of amides is 1. The van der Waals surface area contributed by atoms with Gasteiger partial charge in [0.15, 0.2) is 6.29 Å². The summed E-state index contributed by atoms with van der Waals surface area (Å²) in [4.78, 5) is 13.2. The molecule has 1 aliphatic heterocycles. The van der Waals surface area contributed by atoms with Gasteiger partial charge in [-0.2, -0.15) is 0 Å². The Bertz CT molecular complexity index is 1610. The standard InChI is InChI=1S/C78H143NO8/c1-3-5-7-9-11-13-15-17-19-21-23-25-27-29-31-33-34-35-36-37-38-40-42-44-46-48-50-52-54-56-58-60-62-64-66-68-74(82)79-71(70-86-78-77(85)76(84)75(83)73(69-80)87-78)72(81)67-65-63-61-59-57-55-53-51-49-47-45-43-41-39-32-30-28-26-24-22-20-18-16-14-12-10-8-6-4-2/h5,7,11,13,17,19,23,25,29,31,34-35,71-73,75-78,80-81,83-85H,3-4,6,8-10,12,14-16,18,20-22,24,26-28,30,32-33,36-70H2,1-2H3,(H,79,82)/b7-5-,13-11-,19-17-,25-23-,31-29-,35-34-. The van der Waals surface area contributed by atoms with E-state index in [1.165, 1.54) is 257 Å². The van der Waals surface area contributed by atoms with Crippen LogP contribution in [0, 0.1) is 0 Å². The van der Waals surface area contributed by atoms with Crippen molar-refractivity contribution in [2.45, 2.75) is 403 Å². The summed E-state index contributed by atoms with van der Waals surface area (Å²) in [5.74, 6) is -0.140. The van der Waals surface area contributed by atoms with Gasteiger partial charge in [0.25, 0.3) is 0 Å². The summed E-state index contributed by atoms with van der Waals surface area (Å²) in [5.41, 5.74) is 0. The van der Waals surface area contributed by atoms with E-state index in [1.807, 2.05) is 0 Å². The molecular weight excluding hydrogens is 1080 g/mol. The van der Waals surface area contributed by atoms with E-state index in [0.29, 0.717) is 12.8 Å². The zero-order valence-electron chi connectivity index (χ0n) is 57.0. The molecule has 1 aliphatic rings. The van der Waals surface area contributed by atoms with Crippen LogP contribution >= 0.6 is 0 Å². The van der Waals surface area contributed by atoms with E-state index >= 15 is 0 Å². The number of nitrogens with one attached hydrogen (secondary N) is 1. The van der Waals surface area contributed by atoms with Crippen molar-refractivity contribution in [3.05, 3.63) is 72.9 Å². The summed E-state index contributed by atoms with van der Waals surface area (Å²) >= 11 is 0. The molecule has 1 rings (SSSR count). The molecule has 0 radical (unpaired) electrons. The molecule has 0 aromatic heterocycles. The zero-order valence-corrected chi connectivity index (χ0v) is 57.0. The molecule has 1 fully saturated rings. The highest BCUT2D eigenvalue weighted by Crippen LogP contribution is 2.24. The van der Waals surface area contributed by atoms with Gasteiger partial charge in [0, 0.05) is 6.42 Å². The van der Waals surface area contributed by atoms with E-state index in [1.54, 1.807) is 0 Å². The maximum atomic E-state index is 13.2. The number of ether oxygens (including phenoxy) is 2. The molecule has 6 N–H and O–H groups in total. The Morgan fingerprint density at radius 1 is 0.402 bits per heavy atom. The number of aliphatic hydroxyl groups excluding tert-OH is 5. The highest BCUT2D eigenvalue weighted by atomic mass is 16.7. The molecule has 0 saturated carbocycles. The maximum Gasteiger partial charge on any atom is 0.220 e. The van der Waals surface area contributed by atoms with Crippen LogP contribution in [-0.4, -0.2) is 87.5 Å². The van der Waals surface area contributed by atoms with E-state index in [9.17, 15) is 30.3 Å². The fourth-order valence-corrected chi connectivity index (χ4v) is 12.0. The number of aliphatic hydroxyl groups is 5. The summed E-state index contributed by atoms with van der Waals surface area (Å²) in [6.45, 7) is 3.77. The number of hydrogen-bond acceptors (Lipinski definition) is 8. The Balaban J connectivity index is 2.09. The van der Waals surface area contributed by atoms with Crippen LogP contribution < -0.4 is 5.32 Å². The Hall–Kier alpha value is -2.37. The van der Waals surface area contributed by atoms with Crippen LogP contribution in [0.15, 0.2) is 72.9 Å². The predicted molar refractivity (Wildman–Crippen MR) is 373 cm³/mol. The third-order valence-electron chi connectivity index (χ3n) is 17.8. The van der Waals surface area contributed by atoms with Crippen LogP contribution in [0.2, 0.25) is 0 Å². The molecule has 1 amide bonds. The SMILES string of the molecule is CC/C=C\C/C=C\C/C=C\C/C=C\C/C=C\C/C=C\CCCCCCCCCCCCCCCCCCC(=O)NC(COC1OC(CO)C(O)C(O)C1O)C(O)CCCCCCCCCCCCCCCCCCCCCCCCCCCCCCC. The first-order valence-electron chi connectivity index (χ1n) is 37.6. The molecule has 0 aromatic carbocycles. The molecule has 7 atom stereocenters. The highest BCUT2D eigenvalue weighted by molar-refractivity contribution is 5.76. The molecule has 508 valence electrons. The smallest absolute Gasteiger partial charge is 0.220 e. The maximum absolute atomic E-state index is 13.2. The van der Waals surface area contributed by atoms with Gasteiger partial charge < -0.3 is 40.3 Å². The number of allylic oxidation sites excluding steroid dienone is 12. The molecule has 1 saturated heterocycles. The lowest BCUT2D eigenvalue weighted by atomic mass is 9.99. The zero-order chi connectivity index (χ0) is 62.8. The van der Waals surface area contributed by atoms with Gasteiger partial charge in [0.05, 0.1) is 25.4 Å². The van der Waals surface area contributed by atoms with Crippen LogP contribution in [0.4, 0.5) is 0 Å². The topological polar surface area (TPSA) is 149 Å². The number of carbonyl (C=O) groups is 1. The fraction of sp³-hybridized carbons (Fsp3) is 0.833. The highest BCUT2D eigenvalue weighted by Gasteiger charge is 2.44. The van der Waals surface area contributed by atoms with Gasteiger partial charge in [-0.15, -0.1) is 0 Å². The molecule has 0 bridgehead atoms. The van der Waals surface area contributed by atoms with Crippen molar-refractivity contribution in [1.29, 1.82) is 0 Å². The number of hydrogen-bond donors (Lipinski definition) is 6. The van der Waals surface area contributed by atoms with Crippen LogP contribution in [0.1, 0.15) is 361 Å². The molecule has 0 aliphatic carbocycles. The van der Waals surface area contributed by atoms with Crippen molar-refractivity contribution in [1.82, 2.24) is 5.32 Å². The molecule has 1 heterocycles. The summed E-state index contributed by atoms with van der Waals surface area (Å²) in [6.07, 6.45) is 87.0. The molecule has 7 unspecified atom stereocenters. The normalized spacial score (nSPS) is 18.4. The lowest BCUT2D eigenvalue weighted by Crippen LogP contribution is -2.60. The Labute approximate surface area is 538 Å². The monoisotopic (exact) mass is 1220 g/mol. The summed E-state index contributed by atoms with van der Waals surface area (Å²) < 4.78 is 11.4. The van der Waals surface area contributed by atoms with Crippen molar-refractivity contribution in [2.24, 2.45) is 0 Å². The summed E-state index contributed by atoms with van der Waals surface area (Å²) in [7, 11) is 0. The van der Waals surface area contributed by atoms with Gasteiger partial charge in [0.1, 0.15) is 24.4 Å². The first-order chi connectivity index (χ1) is 42.8. The third kappa shape index (κ3) is 55.0. The van der Waals surface area contributed by atoms with Crippen molar-refractivity contribution in [3.63, 3.8) is 0 Å². The van der Waals surface area contributed by atoms with Gasteiger partial charge in [-0.05, 0) is 64.2 Å². The van der Waals surface area contributed by atoms with E-state index in [4.69, 9.17) is 9.47 Å². The van der Waals surface area contributed by atoms with E-state index in [-0.39, 0.29) is 12.5 Å². The molecule has 9 heteroatoms. The van der Waals surface area contributed by atoms with E-state index in [2.05, 4.69) is 92.1 Å². The first kappa shape index (κ1) is 82.6. The minimum absolute atomic E-state index is 0.137. The van der Waals surface area contributed by atoms with E-state index < -0.39 is 49.5 Å². The average Bonchev–Trinajstić information content (AvgIpc) is 3.47. The minimum atomic E-state index is -1.56. The molecular formula is C78H143NO8. The minimum Gasteiger partial charge on any atom is -0.394 e. The number of unbranched alkanes of at least 4 members (excludes halogenated alkanes) is 44. The second-order valence-electron chi connectivity index (χ2n) is 26.1. The molecule has 0 spiro atoms. The van der Waals surface area contributed by atoms with Gasteiger partial charge in [-0.3, -0.25) is 4.79 Å². The van der Waals surface area contributed by atoms with Gasteiger partial charge in [0.2, 0.25) is 5.91 Å². The first-order valence-corrected chi connectivity index (χ1v) is 37.6. The lowest BCUT2D eigenvalue weighted by molar-refractivity contribution is -0.302. The van der Waals surface area contributed by atoms with Crippen LogP contribution in [0.3, 0.4) is 0 Å². The van der Waals surface area contributed by atoms with Crippen molar-refractivity contribution < 1.29 is 39.8 Å². The molecule has 87 heavy (non-hydrogen) atoms. The molecule has 9 nitrogen and oxygen atoms in total. The van der Waals surface area contributed by atoms with Crippen molar-refractivity contribution >= 4 is 5.91 Å². The van der Waals surface area contributed by atoms with Crippen LogP contribution in [0.5, 0.6) is 0 Å². The van der Waals surface area contributed by atoms with Crippen molar-refractivity contribution in [3.8, 4) is 0 Å². The quantitative estimate of drug-likeness (QED) is 0.0261. The Morgan fingerprint density at radius 2 is 0.713 bits per heavy atom. The predicted octanol–water partition coefficient (Wildman–Crippen LogP) is 21.1. The third-order valence-corrected chi connectivity index (χ3v) is 17.8. The fourth-order valence-electron chi connectivity index (χ4n) is 12.0. The van der Waals surface area contributed by atoms with E-state index in [0.717, 1.165) is 77.0 Å². The summed E-state index contributed by atoms with van der Waals surface area (Å²) in [6, 6.07) is -0.723. The van der Waals surface area contributed by atoms with Crippen molar-refractivity contribution in [2.75, 3.05) is 13.2 Å². The largest absolute Gasteiger partial charge is 0.394 e. The summed E-state index contributed by atoms with van der Waals surface area (Å²) in [5, 5.41) is 55.0. The Morgan fingerprint density at radius 3 is 1.06 bits per heavy atom. The van der Waals surface area contributed by atoms with Gasteiger partial charge in [-0.1, -0.05) is 363 Å². The Kier molecular flexibility index (Phi) is 63.2. The average molecular weight is 1220 g/mol. The molecule has 0 aromatic rings. The van der Waals surface area contributed by atoms with Crippen LogP contribution in [0.25, 0.3) is 0 Å². The van der Waals surface area contributed by atoms with Crippen LogP contribution in [-0.2, 0) is 14.3 Å².